The van der Waals surface area contributed by atoms with Gasteiger partial charge in [-0.3, -0.25) is 0 Å². The number of rotatable bonds is 2. The van der Waals surface area contributed by atoms with Crippen LogP contribution in [0.4, 0.5) is 0 Å². The van der Waals surface area contributed by atoms with E-state index in [0.29, 0.717) is 0 Å². The van der Waals surface area contributed by atoms with Crippen LogP contribution in [-0.4, -0.2) is 0 Å². The van der Waals surface area contributed by atoms with Gasteiger partial charge in [-0.1, -0.05) is 23.7 Å². The van der Waals surface area contributed by atoms with Crippen LogP contribution >= 0.6 is 11.6 Å². The van der Waals surface area contributed by atoms with Crippen molar-refractivity contribution in [3.8, 4) is 0 Å². The molecule has 1 fully saturated rings. The van der Waals surface area contributed by atoms with Crippen LogP contribution in [0.1, 0.15) is 18.4 Å². The standard InChI is InChI=1S/C10H10Cl/c11-10-5-3-9(4-6-10)7-8-1-2-8/h3-6H,1-2,7H2. The second kappa shape index (κ2) is 2.86. The van der Waals surface area contributed by atoms with Crippen LogP contribution in [0.3, 0.4) is 0 Å². The van der Waals surface area contributed by atoms with Crippen molar-refractivity contribution < 1.29 is 0 Å². The number of hydrogen-bond acceptors (Lipinski definition) is 0. The minimum Gasteiger partial charge on any atom is -0.0843 e. The van der Waals surface area contributed by atoms with E-state index in [1.54, 1.807) is 5.92 Å². The fourth-order valence-corrected chi connectivity index (χ4v) is 1.28. The second-order valence-corrected chi connectivity index (χ2v) is 3.49. The molecular weight excluding hydrogens is 156 g/mol. The molecule has 0 aliphatic heterocycles. The lowest BCUT2D eigenvalue weighted by atomic mass is 10.1. The summed E-state index contributed by atoms with van der Waals surface area (Å²) >= 11 is 5.76. The number of benzene rings is 1. The van der Waals surface area contributed by atoms with Gasteiger partial charge in [0, 0.05) is 5.02 Å². The van der Waals surface area contributed by atoms with Gasteiger partial charge in [0.2, 0.25) is 0 Å². The third-order valence-electron chi connectivity index (χ3n) is 1.97. The maximum atomic E-state index is 5.76. The highest BCUT2D eigenvalue weighted by Gasteiger charge is 2.21. The number of hydrogen-bond donors (Lipinski definition) is 0. The molecule has 1 aliphatic carbocycles. The minimum atomic E-state index is 0.828. The lowest BCUT2D eigenvalue weighted by molar-refractivity contribution is 1.11. The van der Waals surface area contributed by atoms with Crippen LogP contribution in [0.15, 0.2) is 24.3 Å². The Morgan fingerprint density at radius 1 is 1.09 bits per heavy atom. The summed E-state index contributed by atoms with van der Waals surface area (Å²) in [7, 11) is 0. The van der Waals surface area contributed by atoms with E-state index in [1.807, 2.05) is 12.1 Å². The third-order valence-corrected chi connectivity index (χ3v) is 2.22. The van der Waals surface area contributed by atoms with E-state index in [1.165, 1.54) is 18.4 Å². The van der Waals surface area contributed by atoms with E-state index < -0.39 is 0 Å². The van der Waals surface area contributed by atoms with Gasteiger partial charge < -0.3 is 0 Å². The van der Waals surface area contributed by atoms with Crippen LogP contribution < -0.4 is 0 Å². The Labute approximate surface area is 72.2 Å². The van der Waals surface area contributed by atoms with Crippen LogP contribution in [0, 0.1) is 5.92 Å². The summed E-state index contributed by atoms with van der Waals surface area (Å²) in [5.41, 5.74) is 1.39. The van der Waals surface area contributed by atoms with Crippen molar-refractivity contribution in [2.75, 3.05) is 0 Å². The van der Waals surface area contributed by atoms with Crippen molar-refractivity contribution in [1.29, 1.82) is 0 Å². The monoisotopic (exact) mass is 165 g/mol. The van der Waals surface area contributed by atoms with Crippen molar-refractivity contribution in [2.24, 2.45) is 0 Å². The van der Waals surface area contributed by atoms with Gasteiger partial charge in [0.05, 0.1) is 0 Å². The van der Waals surface area contributed by atoms with Gasteiger partial charge in [-0.05, 0) is 42.9 Å². The molecule has 2 rings (SSSR count). The minimum absolute atomic E-state index is 0.828. The van der Waals surface area contributed by atoms with E-state index >= 15 is 0 Å². The molecule has 0 N–H and O–H groups in total. The molecule has 1 saturated carbocycles. The molecule has 11 heavy (non-hydrogen) atoms. The topological polar surface area (TPSA) is 0 Å². The van der Waals surface area contributed by atoms with Crippen molar-refractivity contribution in [1.82, 2.24) is 0 Å². The summed E-state index contributed by atoms with van der Waals surface area (Å²) in [4.78, 5) is 0. The van der Waals surface area contributed by atoms with Crippen LogP contribution in [0.5, 0.6) is 0 Å². The highest BCUT2D eigenvalue weighted by molar-refractivity contribution is 6.30. The summed E-state index contributed by atoms with van der Waals surface area (Å²) in [6.45, 7) is 0. The Morgan fingerprint density at radius 2 is 1.73 bits per heavy atom. The SMILES string of the molecule is Clc1ccc(C[C]2CC2)cc1. The molecule has 1 aromatic rings. The molecule has 57 valence electrons. The molecule has 0 saturated heterocycles. The average molecular weight is 166 g/mol. The molecule has 0 atom stereocenters. The third kappa shape index (κ3) is 1.97. The second-order valence-electron chi connectivity index (χ2n) is 3.05. The highest BCUT2D eigenvalue weighted by Crippen LogP contribution is 2.35. The lowest BCUT2D eigenvalue weighted by Gasteiger charge is -1.97. The first kappa shape index (κ1) is 7.17. The molecule has 0 heterocycles. The molecule has 0 bridgehead atoms. The van der Waals surface area contributed by atoms with E-state index in [0.717, 1.165) is 11.4 Å². The summed E-state index contributed by atoms with van der Waals surface area (Å²) in [6, 6.07) is 8.13. The summed E-state index contributed by atoms with van der Waals surface area (Å²) in [6.07, 6.45) is 3.84. The molecular formula is C10H10Cl. The molecule has 0 unspecified atom stereocenters. The average Bonchev–Trinajstić information content (AvgIpc) is 2.78. The van der Waals surface area contributed by atoms with Crippen molar-refractivity contribution in [2.45, 2.75) is 19.3 Å². The molecule has 0 nitrogen and oxygen atoms in total. The van der Waals surface area contributed by atoms with Crippen molar-refractivity contribution in [3.05, 3.63) is 40.8 Å². The Balaban J connectivity index is 2.06. The molecule has 1 aliphatic rings. The zero-order chi connectivity index (χ0) is 7.68. The van der Waals surface area contributed by atoms with Gasteiger partial charge in [-0.2, -0.15) is 0 Å². The Bertz CT molecular complexity index is 234. The van der Waals surface area contributed by atoms with E-state index in [4.69, 9.17) is 11.6 Å². The fourth-order valence-electron chi connectivity index (χ4n) is 1.16. The van der Waals surface area contributed by atoms with Crippen molar-refractivity contribution in [3.63, 3.8) is 0 Å². The van der Waals surface area contributed by atoms with E-state index in [2.05, 4.69) is 12.1 Å². The summed E-state index contributed by atoms with van der Waals surface area (Å²) in [5.74, 6) is 1.67. The molecule has 0 amide bonds. The van der Waals surface area contributed by atoms with E-state index in [-0.39, 0.29) is 0 Å². The smallest absolute Gasteiger partial charge is 0.0406 e. The first-order valence-corrected chi connectivity index (χ1v) is 4.30. The van der Waals surface area contributed by atoms with Crippen LogP contribution in [0.2, 0.25) is 5.02 Å². The Kier molecular flexibility index (Phi) is 1.87. The first-order valence-electron chi connectivity index (χ1n) is 3.92. The first-order chi connectivity index (χ1) is 5.34. The van der Waals surface area contributed by atoms with Gasteiger partial charge >= 0.3 is 0 Å². The van der Waals surface area contributed by atoms with Crippen molar-refractivity contribution >= 4 is 11.6 Å². The van der Waals surface area contributed by atoms with Gasteiger partial charge in [0.1, 0.15) is 0 Å². The molecule has 1 heteroatoms. The highest BCUT2D eigenvalue weighted by atomic mass is 35.5. The van der Waals surface area contributed by atoms with E-state index in [9.17, 15) is 0 Å². The maximum Gasteiger partial charge on any atom is 0.0406 e. The maximum absolute atomic E-state index is 5.76. The predicted molar refractivity (Wildman–Crippen MR) is 47.6 cm³/mol. The number of halogens is 1. The van der Waals surface area contributed by atoms with Crippen LogP contribution in [0.25, 0.3) is 0 Å². The van der Waals surface area contributed by atoms with Gasteiger partial charge in [0.15, 0.2) is 0 Å². The molecule has 0 spiro atoms. The Hall–Kier alpha value is -0.490. The fraction of sp³-hybridized carbons (Fsp3) is 0.300. The lowest BCUT2D eigenvalue weighted by Crippen LogP contribution is -1.83. The predicted octanol–water partition coefficient (Wildman–Crippen LogP) is 3.25. The Morgan fingerprint density at radius 3 is 2.27 bits per heavy atom. The normalized spacial score (nSPS) is 16.8. The molecule has 1 radical (unpaired) electrons. The largest absolute Gasteiger partial charge is 0.0843 e. The zero-order valence-corrected chi connectivity index (χ0v) is 7.06. The van der Waals surface area contributed by atoms with Gasteiger partial charge in [-0.15, -0.1) is 0 Å². The molecule has 0 aromatic heterocycles. The zero-order valence-electron chi connectivity index (χ0n) is 6.31. The van der Waals surface area contributed by atoms with Gasteiger partial charge in [-0.25, -0.2) is 0 Å². The summed E-state index contributed by atoms with van der Waals surface area (Å²) in [5, 5.41) is 0.828. The molecule has 1 aromatic carbocycles. The van der Waals surface area contributed by atoms with Gasteiger partial charge in [0.25, 0.3) is 0 Å². The van der Waals surface area contributed by atoms with Crippen LogP contribution in [-0.2, 0) is 6.42 Å². The quantitative estimate of drug-likeness (QED) is 0.631. The summed E-state index contributed by atoms with van der Waals surface area (Å²) < 4.78 is 0.